The molecule has 1 unspecified atom stereocenters. The van der Waals surface area contributed by atoms with Crippen LogP contribution in [0.5, 0.6) is 0 Å². The van der Waals surface area contributed by atoms with E-state index in [1.54, 1.807) is 11.0 Å². The highest BCUT2D eigenvalue weighted by molar-refractivity contribution is 9.10. The molecular formula is C13H17BrN2O3S. The van der Waals surface area contributed by atoms with Crippen LogP contribution in [0.3, 0.4) is 0 Å². The van der Waals surface area contributed by atoms with Gasteiger partial charge in [0.1, 0.15) is 0 Å². The summed E-state index contributed by atoms with van der Waals surface area (Å²) in [4.78, 5) is 14.2. The molecule has 1 aromatic carbocycles. The molecule has 0 bridgehead atoms. The van der Waals surface area contributed by atoms with Crippen molar-refractivity contribution in [2.75, 3.05) is 13.1 Å². The summed E-state index contributed by atoms with van der Waals surface area (Å²) >= 11 is 3.30. The third-order valence-electron chi connectivity index (χ3n) is 3.44. The van der Waals surface area contributed by atoms with Gasteiger partial charge < -0.3 is 4.90 Å². The molecule has 0 aliphatic carbocycles. The number of carbonyl (C=O) groups excluding carboxylic acids is 1. The number of amides is 1. The van der Waals surface area contributed by atoms with Crippen molar-refractivity contribution >= 4 is 31.9 Å². The molecule has 0 saturated carbocycles. The molecule has 1 saturated heterocycles. The molecule has 1 heterocycles. The van der Waals surface area contributed by atoms with Crippen LogP contribution in [0.1, 0.15) is 30.1 Å². The van der Waals surface area contributed by atoms with E-state index in [0.29, 0.717) is 29.0 Å². The molecule has 5 nitrogen and oxygen atoms in total. The Kier molecular flexibility index (Phi) is 4.51. The van der Waals surface area contributed by atoms with Crippen LogP contribution in [0, 0.1) is 5.92 Å². The minimum atomic E-state index is -3.81. The SMILES string of the molecule is CC1CCCN(C(=O)c2cc(S(N)(=O)=O)ccc2Br)C1. The molecule has 1 aliphatic heterocycles. The third kappa shape index (κ3) is 3.39. The van der Waals surface area contributed by atoms with Crippen LogP contribution in [-0.2, 0) is 10.0 Å². The van der Waals surface area contributed by atoms with Gasteiger partial charge in [0.15, 0.2) is 0 Å². The van der Waals surface area contributed by atoms with Gasteiger partial charge >= 0.3 is 0 Å². The van der Waals surface area contributed by atoms with E-state index in [-0.39, 0.29) is 10.8 Å². The van der Waals surface area contributed by atoms with Crippen LogP contribution in [0.4, 0.5) is 0 Å². The Morgan fingerprint density at radius 2 is 2.15 bits per heavy atom. The first-order valence-electron chi connectivity index (χ1n) is 6.40. The molecule has 0 aromatic heterocycles. The Morgan fingerprint density at radius 1 is 1.45 bits per heavy atom. The van der Waals surface area contributed by atoms with E-state index >= 15 is 0 Å². The summed E-state index contributed by atoms with van der Waals surface area (Å²) in [7, 11) is -3.81. The number of benzene rings is 1. The molecule has 2 N–H and O–H groups in total. The van der Waals surface area contributed by atoms with Crippen LogP contribution in [0.25, 0.3) is 0 Å². The van der Waals surface area contributed by atoms with Gasteiger partial charge in [0.2, 0.25) is 10.0 Å². The van der Waals surface area contributed by atoms with Gasteiger partial charge in [-0.1, -0.05) is 6.92 Å². The maximum Gasteiger partial charge on any atom is 0.255 e. The summed E-state index contributed by atoms with van der Waals surface area (Å²) < 4.78 is 23.3. The number of carbonyl (C=O) groups is 1. The summed E-state index contributed by atoms with van der Waals surface area (Å²) in [6, 6.07) is 4.26. The fourth-order valence-corrected chi connectivity index (χ4v) is 3.35. The van der Waals surface area contributed by atoms with Gasteiger partial charge in [-0.15, -0.1) is 0 Å². The van der Waals surface area contributed by atoms with Crippen LogP contribution < -0.4 is 5.14 Å². The van der Waals surface area contributed by atoms with E-state index in [2.05, 4.69) is 22.9 Å². The molecule has 1 aromatic rings. The zero-order valence-corrected chi connectivity index (χ0v) is 13.6. The highest BCUT2D eigenvalue weighted by Crippen LogP contribution is 2.24. The second-order valence-electron chi connectivity index (χ2n) is 5.19. The van der Waals surface area contributed by atoms with E-state index in [1.807, 2.05) is 0 Å². The number of rotatable bonds is 2. The lowest BCUT2D eigenvalue weighted by atomic mass is 9.99. The maximum atomic E-state index is 12.5. The molecule has 1 aliphatic rings. The Morgan fingerprint density at radius 3 is 2.75 bits per heavy atom. The summed E-state index contributed by atoms with van der Waals surface area (Å²) in [5.74, 6) is 0.307. The summed E-state index contributed by atoms with van der Waals surface area (Å²) in [5, 5.41) is 5.11. The van der Waals surface area contributed by atoms with Crippen LogP contribution >= 0.6 is 15.9 Å². The van der Waals surface area contributed by atoms with Gasteiger partial charge in [0.25, 0.3) is 5.91 Å². The molecule has 110 valence electrons. The lowest BCUT2D eigenvalue weighted by Crippen LogP contribution is -2.39. The highest BCUT2D eigenvalue weighted by atomic mass is 79.9. The number of nitrogens with two attached hydrogens (primary N) is 1. The van der Waals surface area contributed by atoms with Crippen molar-refractivity contribution in [3.63, 3.8) is 0 Å². The number of hydrogen-bond acceptors (Lipinski definition) is 3. The van der Waals surface area contributed by atoms with Crippen molar-refractivity contribution in [2.45, 2.75) is 24.7 Å². The van der Waals surface area contributed by atoms with E-state index in [4.69, 9.17) is 5.14 Å². The summed E-state index contributed by atoms with van der Waals surface area (Å²) in [5.41, 5.74) is 0.339. The zero-order valence-electron chi connectivity index (χ0n) is 11.2. The van der Waals surface area contributed by atoms with Crippen LogP contribution in [-0.4, -0.2) is 32.3 Å². The van der Waals surface area contributed by atoms with Gasteiger partial charge in [-0.25, -0.2) is 13.6 Å². The van der Waals surface area contributed by atoms with E-state index < -0.39 is 10.0 Å². The molecule has 2 rings (SSSR count). The fourth-order valence-electron chi connectivity index (χ4n) is 2.39. The first kappa shape index (κ1) is 15.5. The number of primary sulfonamides is 1. The van der Waals surface area contributed by atoms with Crippen molar-refractivity contribution in [1.29, 1.82) is 0 Å². The average molecular weight is 361 g/mol. The lowest BCUT2D eigenvalue weighted by Gasteiger charge is -2.31. The Balaban J connectivity index is 2.34. The van der Waals surface area contributed by atoms with E-state index in [9.17, 15) is 13.2 Å². The number of sulfonamides is 1. The molecular weight excluding hydrogens is 344 g/mol. The van der Waals surface area contributed by atoms with Crippen molar-refractivity contribution in [3.05, 3.63) is 28.2 Å². The number of piperidine rings is 1. The Labute approximate surface area is 127 Å². The predicted octanol–water partition coefficient (Wildman–Crippen LogP) is 1.97. The minimum Gasteiger partial charge on any atom is -0.338 e. The highest BCUT2D eigenvalue weighted by Gasteiger charge is 2.24. The van der Waals surface area contributed by atoms with Gasteiger partial charge in [-0.2, -0.15) is 0 Å². The number of likely N-dealkylation sites (tertiary alicyclic amines) is 1. The monoisotopic (exact) mass is 360 g/mol. The van der Waals surface area contributed by atoms with E-state index in [1.165, 1.54) is 12.1 Å². The van der Waals surface area contributed by atoms with Crippen LogP contribution in [0.15, 0.2) is 27.6 Å². The normalized spacial score (nSPS) is 19.9. The van der Waals surface area contributed by atoms with Crippen molar-refractivity contribution < 1.29 is 13.2 Å². The smallest absolute Gasteiger partial charge is 0.255 e. The van der Waals surface area contributed by atoms with Gasteiger partial charge in [-0.05, 0) is 52.9 Å². The van der Waals surface area contributed by atoms with Crippen LogP contribution in [0.2, 0.25) is 0 Å². The van der Waals surface area contributed by atoms with Crippen molar-refractivity contribution in [2.24, 2.45) is 11.1 Å². The largest absolute Gasteiger partial charge is 0.338 e. The number of halogens is 1. The summed E-state index contributed by atoms with van der Waals surface area (Å²) in [6.07, 6.45) is 2.08. The predicted molar refractivity (Wildman–Crippen MR) is 79.8 cm³/mol. The first-order valence-corrected chi connectivity index (χ1v) is 8.74. The lowest BCUT2D eigenvalue weighted by molar-refractivity contribution is 0.0682. The second-order valence-corrected chi connectivity index (χ2v) is 7.60. The van der Waals surface area contributed by atoms with E-state index in [0.717, 1.165) is 12.8 Å². The zero-order chi connectivity index (χ0) is 14.9. The van der Waals surface area contributed by atoms with Gasteiger partial charge in [0.05, 0.1) is 10.5 Å². The van der Waals surface area contributed by atoms with Crippen molar-refractivity contribution in [1.82, 2.24) is 4.90 Å². The molecule has 0 radical (unpaired) electrons. The Bertz CT molecular complexity index is 631. The first-order chi connectivity index (χ1) is 9.29. The fraction of sp³-hybridized carbons (Fsp3) is 0.462. The summed E-state index contributed by atoms with van der Waals surface area (Å²) in [6.45, 7) is 3.51. The maximum absolute atomic E-state index is 12.5. The molecule has 1 amide bonds. The number of nitrogens with zero attached hydrogens (tertiary/aromatic N) is 1. The van der Waals surface area contributed by atoms with Gasteiger partial charge in [0, 0.05) is 17.6 Å². The molecule has 20 heavy (non-hydrogen) atoms. The topological polar surface area (TPSA) is 80.5 Å². The molecule has 7 heteroatoms. The Hall–Kier alpha value is -0.920. The molecule has 1 atom stereocenters. The third-order valence-corrected chi connectivity index (χ3v) is 5.04. The second kappa shape index (κ2) is 5.83. The standard InChI is InChI=1S/C13H17BrN2O3S/c1-9-3-2-6-16(8-9)13(17)11-7-10(20(15,18)19)4-5-12(11)14/h4-5,7,9H,2-3,6,8H2,1H3,(H2,15,18,19). The molecule has 1 fully saturated rings. The quantitative estimate of drug-likeness (QED) is 0.875. The average Bonchev–Trinajstić information content (AvgIpc) is 2.37. The van der Waals surface area contributed by atoms with Gasteiger partial charge in [-0.3, -0.25) is 4.79 Å². The van der Waals surface area contributed by atoms with Crippen molar-refractivity contribution in [3.8, 4) is 0 Å². The number of hydrogen-bond donors (Lipinski definition) is 1. The minimum absolute atomic E-state index is 0.0471. The molecule has 0 spiro atoms.